The van der Waals surface area contributed by atoms with Crippen LogP contribution in [0.5, 0.6) is 0 Å². The summed E-state index contributed by atoms with van der Waals surface area (Å²) in [4.78, 5) is 36.0. The first-order valence-corrected chi connectivity index (χ1v) is 6.78. The lowest BCUT2D eigenvalue weighted by Crippen LogP contribution is -2.43. The highest BCUT2D eigenvalue weighted by Gasteiger charge is 2.42. The third-order valence-electron chi connectivity index (χ3n) is 2.87. The maximum atomic E-state index is 12.0. The minimum atomic E-state index is -1.25. The molecule has 120 valence electrons. The third kappa shape index (κ3) is 5.13. The lowest BCUT2D eigenvalue weighted by molar-refractivity contribution is -0.148. The summed E-state index contributed by atoms with van der Waals surface area (Å²) in [5, 5.41) is 11.1. The summed E-state index contributed by atoms with van der Waals surface area (Å²) in [6.45, 7) is 7.20. The second-order valence-electron chi connectivity index (χ2n) is 5.80. The molecule has 0 bridgehead atoms. The second kappa shape index (κ2) is 6.64. The van der Waals surface area contributed by atoms with Gasteiger partial charge >= 0.3 is 18.2 Å². The van der Waals surface area contributed by atoms with Crippen LogP contribution in [-0.2, 0) is 14.3 Å². The van der Waals surface area contributed by atoms with Crippen LogP contribution in [0.2, 0.25) is 0 Å². The van der Waals surface area contributed by atoms with E-state index in [1.807, 2.05) is 0 Å². The molecule has 1 saturated heterocycles. The average molecular weight is 302 g/mol. The number of likely N-dealkylation sites (tertiary alicyclic amines) is 1. The molecule has 0 aromatic rings. The van der Waals surface area contributed by atoms with Crippen molar-refractivity contribution in [3.8, 4) is 0 Å². The van der Waals surface area contributed by atoms with Crippen molar-refractivity contribution >= 4 is 18.2 Å². The van der Waals surface area contributed by atoms with Crippen LogP contribution in [0.25, 0.3) is 0 Å². The lowest BCUT2D eigenvalue weighted by Gasteiger charge is -2.24. The fourth-order valence-electron chi connectivity index (χ4n) is 2.07. The van der Waals surface area contributed by atoms with Gasteiger partial charge in [-0.2, -0.15) is 0 Å². The summed E-state index contributed by atoms with van der Waals surface area (Å²) in [6.07, 6.45) is -1.83. The van der Waals surface area contributed by atoms with E-state index in [1.54, 1.807) is 27.7 Å². The molecule has 1 aliphatic rings. The molecule has 1 heterocycles. The molecule has 8 nitrogen and oxygen atoms in total. The first kappa shape index (κ1) is 17.1. The number of amides is 2. The smallest absolute Gasteiger partial charge is 0.410 e. The number of hydrogen-bond acceptors (Lipinski definition) is 5. The van der Waals surface area contributed by atoms with E-state index in [4.69, 9.17) is 14.6 Å². The topological polar surface area (TPSA) is 105 Å². The van der Waals surface area contributed by atoms with Crippen LogP contribution in [0.4, 0.5) is 9.59 Å². The number of ether oxygens (including phenoxy) is 2. The molecule has 2 amide bonds. The van der Waals surface area contributed by atoms with Gasteiger partial charge in [0.05, 0.1) is 18.6 Å². The third-order valence-corrected chi connectivity index (χ3v) is 2.87. The van der Waals surface area contributed by atoms with Gasteiger partial charge < -0.3 is 24.8 Å². The van der Waals surface area contributed by atoms with Crippen molar-refractivity contribution in [2.75, 3.05) is 19.7 Å². The van der Waals surface area contributed by atoms with E-state index in [-0.39, 0.29) is 19.7 Å². The Bertz CT molecular complexity index is 417. The Morgan fingerprint density at radius 2 is 1.90 bits per heavy atom. The van der Waals surface area contributed by atoms with Crippen LogP contribution in [-0.4, -0.2) is 59.5 Å². The lowest BCUT2D eigenvalue weighted by atomic mass is 10.0. The Hall–Kier alpha value is -1.99. The highest BCUT2D eigenvalue weighted by atomic mass is 16.6. The molecule has 0 unspecified atom stereocenters. The summed E-state index contributed by atoms with van der Waals surface area (Å²) >= 11 is 0. The van der Waals surface area contributed by atoms with Crippen LogP contribution in [0.1, 0.15) is 27.7 Å². The number of nitrogens with zero attached hydrogens (tertiary/aromatic N) is 1. The maximum absolute atomic E-state index is 12.0. The first-order chi connectivity index (χ1) is 9.64. The molecule has 2 N–H and O–H groups in total. The van der Waals surface area contributed by atoms with E-state index < -0.39 is 35.7 Å². The Kier molecular flexibility index (Phi) is 5.40. The van der Waals surface area contributed by atoms with Crippen molar-refractivity contribution in [2.24, 2.45) is 5.92 Å². The van der Waals surface area contributed by atoms with Gasteiger partial charge in [0, 0.05) is 13.1 Å². The van der Waals surface area contributed by atoms with Crippen LogP contribution in [0.15, 0.2) is 0 Å². The van der Waals surface area contributed by atoms with Gasteiger partial charge in [0.25, 0.3) is 0 Å². The van der Waals surface area contributed by atoms with Crippen LogP contribution < -0.4 is 5.32 Å². The minimum absolute atomic E-state index is 0.0681. The van der Waals surface area contributed by atoms with E-state index in [9.17, 15) is 14.4 Å². The summed E-state index contributed by atoms with van der Waals surface area (Å²) < 4.78 is 10.1. The quantitative estimate of drug-likeness (QED) is 0.755. The van der Waals surface area contributed by atoms with Crippen molar-refractivity contribution in [3.05, 3.63) is 0 Å². The summed E-state index contributed by atoms with van der Waals surface area (Å²) in [5.41, 5.74) is -0.658. The van der Waals surface area contributed by atoms with Crippen LogP contribution >= 0.6 is 0 Å². The first-order valence-electron chi connectivity index (χ1n) is 6.78. The molecule has 1 aliphatic heterocycles. The van der Waals surface area contributed by atoms with Gasteiger partial charge in [-0.25, -0.2) is 9.59 Å². The largest absolute Gasteiger partial charge is 0.466 e. The molecule has 0 aromatic carbocycles. The summed E-state index contributed by atoms with van der Waals surface area (Å²) in [7, 11) is 0. The van der Waals surface area contributed by atoms with Crippen molar-refractivity contribution in [2.45, 2.75) is 39.3 Å². The molecule has 0 spiro atoms. The molecule has 2 atom stereocenters. The number of hydrogen-bond donors (Lipinski definition) is 2. The fourth-order valence-corrected chi connectivity index (χ4v) is 2.07. The van der Waals surface area contributed by atoms with E-state index in [0.717, 1.165) is 0 Å². The van der Waals surface area contributed by atoms with E-state index >= 15 is 0 Å². The average Bonchev–Trinajstić information content (AvgIpc) is 2.70. The van der Waals surface area contributed by atoms with E-state index in [0.29, 0.717) is 0 Å². The number of nitrogens with one attached hydrogen (secondary N) is 1. The van der Waals surface area contributed by atoms with E-state index in [2.05, 4.69) is 5.32 Å². The van der Waals surface area contributed by atoms with Gasteiger partial charge in [0.1, 0.15) is 5.60 Å². The highest BCUT2D eigenvalue weighted by molar-refractivity contribution is 5.78. The standard InChI is InChI=1S/C13H22N2O6/c1-5-20-10(16)8-6-15(7-9(8)14-11(17)18)12(19)21-13(2,3)4/h8-9,14H,5-7H2,1-4H3,(H,17,18)/t8-,9-/m1/s1. The predicted molar refractivity (Wildman–Crippen MR) is 72.9 cm³/mol. The van der Waals surface area contributed by atoms with Crippen molar-refractivity contribution in [1.82, 2.24) is 10.2 Å². The highest BCUT2D eigenvalue weighted by Crippen LogP contribution is 2.21. The Labute approximate surface area is 123 Å². The molecular formula is C13H22N2O6. The van der Waals surface area contributed by atoms with Gasteiger partial charge in [-0.1, -0.05) is 0 Å². The van der Waals surface area contributed by atoms with E-state index in [1.165, 1.54) is 4.90 Å². The molecule has 0 aromatic heterocycles. The monoisotopic (exact) mass is 302 g/mol. The normalized spacial score (nSPS) is 21.8. The number of carbonyl (C=O) groups excluding carboxylic acids is 2. The predicted octanol–water partition coefficient (Wildman–Crippen LogP) is 1.05. The van der Waals surface area contributed by atoms with Gasteiger partial charge in [-0.15, -0.1) is 0 Å². The van der Waals surface area contributed by atoms with Crippen molar-refractivity contribution < 1.29 is 29.0 Å². The van der Waals surface area contributed by atoms with Gasteiger partial charge in [-0.05, 0) is 27.7 Å². The molecule has 21 heavy (non-hydrogen) atoms. The SMILES string of the molecule is CCOC(=O)[C@@H]1CN(C(=O)OC(C)(C)C)C[C@H]1NC(=O)O. The molecule has 0 radical (unpaired) electrons. The number of rotatable bonds is 3. The molecule has 1 fully saturated rings. The van der Waals surface area contributed by atoms with Gasteiger partial charge in [0.2, 0.25) is 0 Å². The molecule has 8 heteroatoms. The van der Waals surface area contributed by atoms with Gasteiger partial charge in [-0.3, -0.25) is 4.79 Å². The van der Waals surface area contributed by atoms with Crippen LogP contribution in [0.3, 0.4) is 0 Å². The van der Waals surface area contributed by atoms with Crippen LogP contribution in [0, 0.1) is 5.92 Å². The molecule has 0 aliphatic carbocycles. The molecule has 1 rings (SSSR count). The Morgan fingerprint density at radius 1 is 1.29 bits per heavy atom. The zero-order valence-corrected chi connectivity index (χ0v) is 12.7. The minimum Gasteiger partial charge on any atom is -0.466 e. The van der Waals surface area contributed by atoms with Crippen molar-refractivity contribution in [3.63, 3.8) is 0 Å². The number of esters is 1. The summed E-state index contributed by atoms with van der Waals surface area (Å²) in [5.74, 6) is -1.25. The second-order valence-corrected chi connectivity index (χ2v) is 5.80. The molecular weight excluding hydrogens is 280 g/mol. The summed E-state index contributed by atoms with van der Waals surface area (Å²) in [6, 6.07) is -0.700. The van der Waals surface area contributed by atoms with Crippen molar-refractivity contribution in [1.29, 1.82) is 0 Å². The zero-order valence-electron chi connectivity index (χ0n) is 12.7. The number of carbonyl (C=O) groups is 3. The fraction of sp³-hybridized carbons (Fsp3) is 0.769. The molecule has 0 saturated carbocycles. The number of carboxylic acid groups (broad SMARTS) is 1. The Balaban J connectivity index is 2.77. The maximum Gasteiger partial charge on any atom is 0.410 e. The van der Waals surface area contributed by atoms with Gasteiger partial charge in [0.15, 0.2) is 0 Å². The zero-order chi connectivity index (χ0) is 16.2. The Morgan fingerprint density at radius 3 is 2.38 bits per heavy atom.